The minimum Gasteiger partial charge on any atom is -0.496 e. The molecular weight excluding hydrogens is 216 g/mol. The molecule has 0 atom stereocenters. The van der Waals surface area contributed by atoms with Crippen LogP contribution in [-0.2, 0) is 0 Å². The van der Waals surface area contributed by atoms with Gasteiger partial charge in [0.05, 0.1) is 13.7 Å². The second kappa shape index (κ2) is 5.55. The average Bonchev–Trinajstić information content (AvgIpc) is 2.38. The van der Waals surface area contributed by atoms with E-state index in [0.717, 1.165) is 22.3 Å². The van der Waals surface area contributed by atoms with Gasteiger partial charge in [-0.05, 0) is 12.1 Å². The van der Waals surface area contributed by atoms with Crippen LogP contribution in [0.2, 0.25) is 0 Å². The molecule has 3 nitrogen and oxygen atoms in total. The molecule has 0 amide bonds. The van der Waals surface area contributed by atoms with Crippen LogP contribution >= 0.6 is 0 Å². The predicted molar refractivity (Wildman–Crippen MR) is 67.7 cm³/mol. The van der Waals surface area contributed by atoms with Crippen molar-refractivity contribution in [2.45, 2.75) is 6.42 Å². The zero-order chi connectivity index (χ0) is 12.1. The summed E-state index contributed by atoms with van der Waals surface area (Å²) in [6.07, 6.45) is 0.639. The highest BCUT2D eigenvalue weighted by molar-refractivity contribution is 5.93. The first kappa shape index (κ1) is 11.7. The first-order valence-corrected chi connectivity index (χ1v) is 5.66. The van der Waals surface area contributed by atoms with Crippen molar-refractivity contribution < 1.29 is 14.6 Å². The van der Waals surface area contributed by atoms with Gasteiger partial charge in [0.1, 0.15) is 11.5 Å². The van der Waals surface area contributed by atoms with Crippen LogP contribution in [0.1, 0.15) is 6.42 Å². The number of hydrogen-bond acceptors (Lipinski definition) is 3. The molecule has 0 aliphatic carbocycles. The van der Waals surface area contributed by atoms with Crippen molar-refractivity contribution in [3.63, 3.8) is 0 Å². The monoisotopic (exact) mass is 232 g/mol. The Hall–Kier alpha value is -1.74. The number of benzene rings is 2. The van der Waals surface area contributed by atoms with Gasteiger partial charge in [-0.3, -0.25) is 0 Å². The van der Waals surface area contributed by atoms with Crippen molar-refractivity contribution in [1.29, 1.82) is 0 Å². The van der Waals surface area contributed by atoms with Gasteiger partial charge in [-0.15, -0.1) is 0 Å². The molecule has 0 radical (unpaired) electrons. The highest BCUT2D eigenvalue weighted by Gasteiger charge is 2.05. The summed E-state index contributed by atoms with van der Waals surface area (Å²) < 4.78 is 11.0. The maximum absolute atomic E-state index is 8.74. The number of hydrogen-bond donors (Lipinski definition) is 1. The van der Waals surface area contributed by atoms with Gasteiger partial charge < -0.3 is 14.6 Å². The summed E-state index contributed by atoms with van der Waals surface area (Å²) in [5.41, 5.74) is 0. The van der Waals surface area contributed by atoms with Crippen molar-refractivity contribution in [2.75, 3.05) is 20.3 Å². The zero-order valence-corrected chi connectivity index (χ0v) is 9.85. The van der Waals surface area contributed by atoms with E-state index in [1.165, 1.54) is 0 Å². The Bertz CT molecular complexity index is 494. The smallest absolute Gasteiger partial charge is 0.127 e. The summed E-state index contributed by atoms with van der Waals surface area (Å²) >= 11 is 0. The van der Waals surface area contributed by atoms with Gasteiger partial charge in [0.25, 0.3) is 0 Å². The van der Waals surface area contributed by atoms with E-state index in [0.29, 0.717) is 13.0 Å². The Morgan fingerprint density at radius 1 is 1.00 bits per heavy atom. The molecule has 2 rings (SSSR count). The second-order valence-corrected chi connectivity index (χ2v) is 3.74. The van der Waals surface area contributed by atoms with E-state index >= 15 is 0 Å². The maximum Gasteiger partial charge on any atom is 0.127 e. The standard InChI is InChI=1S/C14H16O3/c1-16-13-7-2-6-12-11(13)5-3-8-14(12)17-10-4-9-15/h2-3,5-8,15H,4,9-10H2,1H3. The molecule has 0 aromatic heterocycles. The lowest BCUT2D eigenvalue weighted by Crippen LogP contribution is -2.00. The maximum atomic E-state index is 8.74. The average molecular weight is 232 g/mol. The molecule has 2 aromatic rings. The summed E-state index contributed by atoms with van der Waals surface area (Å²) in [6, 6.07) is 11.8. The van der Waals surface area contributed by atoms with Crippen molar-refractivity contribution in [3.05, 3.63) is 36.4 Å². The van der Waals surface area contributed by atoms with Crippen LogP contribution in [0.25, 0.3) is 10.8 Å². The third-order valence-corrected chi connectivity index (χ3v) is 2.62. The van der Waals surface area contributed by atoms with E-state index in [1.807, 2.05) is 36.4 Å². The molecule has 0 saturated carbocycles. The van der Waals surface area contributed by atoms with Gasteiger partial charge in [0.2, 0.25) is 0 Å². The van der Waals surface area contributed by atoms with E-state index in [2.05, 4.69) is 0 Å². The number of aliphatic hydroxyl groups excluding tert-OH is 1. The lowest BCUT2D eigenvalue weighted by atomic mass is 10.1. The van der Waals surface area contributed by atoms with Crippen LogP contribution in [0.3, 0.4) is 0 Å². The minimum absolute atomic E-state index is 0.147. The van der Waals surface area contributed by atoms with E-state index in [4.69, 9.17) is 14.6 Å². The Kier molecular flexibility index (Phi) is 3.83. The SMILES string of the molecule is COc1cccc2c(OCCCO)cccc12. The minimum atomic E-state index is 0.147. The van der Waals surface area contributed by atoms with Crippen molar-refractivity contribution in [2.24, 2.45) is 0 Å². The zero-order valence-electron chi connectivity index (χ0n) is 9.85. The first-order chi connectivity index (χ1) is 8.36. The van der Waals surface area contributed by atoms with Gasteiger partial charge in [0.15, 0.2) is 0 Å². The summed E-state index contributed by atoms with van der Waals surface area (Å²) in [5, 5.41) is 10.8. The molecule has 3 heteroatoms. The van der Waals surface area contributed by atoms with Gasteiger partial charge >= 0.3 is 0 Å². The largest absolute Gasteiger partial charge is 0.496 e. The molecule has 0 aliphatic heterocycles. The third kappa shape index (κ3) is 2.50. The number of ether oxygens (including phenoxy) is 2. The second-order valence-electron chi connectivity index (χ2n) is 3.74. The van der Waals surface area contributed by atoms with Gasteiger partial charge in [-0.25, -0.2) is 0 Å². The molecular formula is C14H16O3. The van der Waals surface area contributed by atoms with Crippen LogP contribution in [0.5, 0.6) is 11.5 Å². The van der Waals surface area contributed by atoms with Crippen LogP contribution in [0.15, 0.2) is 36.4 Å². The summed E-state index contributed by atoms with van der Waals surface area (Å²) in [7, 11) is 1.66. The molecule has 0 fully saturated rings. The highest BCUT2D eigenvalue weighted by Crippen LogP contribution is 2.31. The molecule has 1 N–H and O–H groups in total. The normalized spacial score (nSPS) is 10.5. The quantitative estimate of drug-likeness (QED) is 0.805. The molecule has 90 valence electrons. The van der Waals surface area contributed by atoms with Crippen molar-refractivity contribution >= 4 is 10.8 Å². The van der Waals surface area contributed by atoms with Gasteiger partial charge in [-0.2, -0.15) is 0 Å². The molecule has 2 aromatic carbocycles. The van der Waals surface area contributed by atoms with Gasteiger partial charge in [-0.1, -0.05) is 24.3 Å². The van der Waals surface area contributed by atoms with Crippen LogP contribution in [0, 0.1) is 0 Å². The molecule has 0 heterocycles. The van der Waals surface area contributed by atoms with E-state index in [-0.39, 0.29) is 6.61 Å². The lowest BCUT2D eigenvalue weighted by Gasteiger charge is -2.10. The molecule has 0 saturated heterocycles. The van der Waals surface area contributed by atoms with E-state index in [9.17, 15) is 0 Å². The number of methoxy groups -OCH3 is 1. The molecule has 0 unspecified atom stereocenters. The fourth-order valence-electron chi connectivity index (χ4n) is 1.80. The Morgan fingerprint density at radius 3 is 2.29 bits per heavy atom. The summed E-state index contributed by atoms with van der Waals surface area (Å²) in [4.78, 5) is 0. The Balaban J connectivity index is 2.36. The third-order valence-electron chi connectivity index (χ3n) is 2.62. The van der Waals surface area contributed by atoms with E-state index in [1.54, 1.807) is 7.11 Å². The van der Waals surface area contributed by atoms with Crippen LogP contribution in [-0.4, -0.2) is 25.4 Å². The molecule has 0 spiro atoms. The van der Waals surface area contributed by atoms with E-state index < -0.39 is 0 Å². The molecule has 0 bridgehead atoms. The number of aliphatic hydroxyl groups is 1. The highest BCUT2D eigenvalue weighted by atomic mass is 16.5. The molecule has 17 heavy (non-hydrogen) atoms. The lowest BCUT2D eigenvalue weighted by molar-refractivity contribution is 0.235. The number of fused-ring (bicyclic) bond motifs is 1. The van der Waals surface area contributed by atoms with Crippen molar-refractivity contribution in [3.8, 4) is 11.5 Å². The van der Waals surface area contributed by atoms with Crippen molar-refractivity contribution in [1.82, 2.24) is 0 Å². The van der Waals surface area contributed by atoms with Crippen LogP contribution in [0.4, 0.5) is 0 Å². The Labute approximate surface area is 101 Å². The topological polar surface area (TPSA) is 38.7 Å². The fourth-order valence-corrected chi connectivity index (χ4v) is 1.80. The summed E-state index contributed by atoms with van der Waals surface area (Å²) in [5.74, 6) is 1.67. The van der Waals surface area contributed by atoms with Gasteiger partial charge in [0, 0.05) is 23.8 Å². The van der Waals surface area contributed by atoms with Crippen LogP contribution < -0.4 is 9.47 Å². The fraction of sp³-hybridized carbons (Fsp3) is 0.286. The Morgan fingerprint density at radius 2 is 1.65 bits per heavy atom. The first-order valence-electron chi connectivity index (χ1n) is 5.66. The predicted octanol–water partition coefficient (Wildman–Crippen LogP) is 2.61. The number of rotatable bonds is 5. The molecule has 0 aliphatic rings. The summed E-state index contributed by atoms with van der Waals surface area (Å²) in [6.45, 7) is 0.668.